The highest BCUT2D eigenvalue weighted by Gasteiger charge is 2.32. The minimum atomic E-state index is -0.108. The molecule has 1 aliphatic heterocycles. The van der Waals surface area contributed by atoms with Crippen molar-refractivity contribution in [2.45, 2.75) is 52.4 Å². The number of benzene rings is 1. The second kappa shape index (κ2) is 6.67. The molecule has 4 heteroatoms. The molecule has 0 aromatic heterocycles. The fraction of sp³-hybridized carbons (Fsp3) is 0.647. The predicted molar refractivity (Wildman–Crippen MR) is 93.1 cm³/mol. The normalized spacial score (nSPS) is 23.1. The van der Waals surface area contributed by atoms with Crippen LogP contribution in [0.25, 0.3) is 0 Å². The molecule has 0 amide bonds. The second-order valence-corrected chi connectivity index (χ2v) is 7.47. The lowest BCUT2D eigenvalue weighted by molar-refractivity contribution is -0.0750. The monoisotopic (exact) mass is 354 g/mol. The van der Waals surface area contributed by atoms with Crippen LogP contribution in [-0.2, 0) is 4.74 Å². The van der Waals surface area contributed by atoms with Crippen LogP contribution in [0.1, 0.15) is 46.2 Å². The van der Waals surface area contributed by atoms with E-state index in [0.29, 0.717) is 6.04 Å². The minimum absolute atomic E-state index is 0.108. The Hall–Kier alpha value is -0.580. The molecule has 1 saturated heterocycles. The van der Waals surface area contributed by atoms with Gasteiger partial charge in [-0.25, -0.2) is 0 Å². The van der Waals surface area contributed by atoms with E-state index in [2.05, 4.69) is 79.0 Å². The molecule has 0 bridgehead atoms. The van der Waals surface area contributed by atoms with Gasteiger partial charge in [0.25, 0.3) is 0 Å². The van der Waals surface area contributed by atoms with Crippen LogP contribution in [0.4, 0.5) is 5.69 Å². The number of hydrogen-bond donors (Lipinski definition) is 1. The molecule has 0 saturated carbocycles. The molecule has 118 valence electrons. The predicted octanol–water partition coefficient (Wildman–Crippen LogP) is 4.12. The molecule has 0 radical (unpaired) electrons. The van der Waals surface area contributed by atoms with Crippen LogP contribution in [0.2, 0.25) is 0 Å². The molecule has 1 heterocycles. The smallest absolute Gasteiger partial charge is 0.0805 e. The highest BCUT2D eigenvalue weighted by atomic mass is 79.9. The van der Waals surface area contributed by atoms with Gasteiger partial charge in [-0.3, -0.25) is 0 Å². The first-order valence-corrected chi connectivity index (χ1v) is 8.57. The third kappa shape index (κ3) is 4.21. The summed E-state index contributed by atoms with van der Waals surface area (Å²) in [6.07, 6.45) is 0.250. The van der Waals surface area contributed by atoms with Crippen molar-refractivity contribution in [1.82, 2.24) is 5.32 Å². The Kier molecular flexibility index (Phi) is 5.33. The van der Waals surface area contributed by atoms with Gasteiger partial charge in [0.2, 0.25) is 0 Å². The molecule has 2 unspecified atom stereocenters. The van der Waals surface area contributed by atoms with Gasteiger partial charge in [-0.1, -0.05) is 22.9 Å². The van der Waals surface area contributed by atoms with E-state index in [1.807, 2.05) is 0 Å². The van der Waals surface area contributed by atoms with Crippen LogP contribution >= 0.6 is 15.9 Å². The number of nitrogens with zero attached hydrogens (tertiary/aromatic N) is 1. The summed E-state index contributed by atoms with van der Waals surface area (Å²) in [5, 5.41) is 3.52. The van der Waals surface area contributed by atoms with Crippen LogP contribution in [-0.4, -0.2) is 31.3 Å². The number of hydrogen-bond acceptors (Lipinski definition) is 3. The quantitative estimate of drug-likeness (QED) is 0.879. The number of morpholine rings is 1. The lowest BCUT2D eigenvalue weighted by atomic mass is 10.0. The van der Waals surface area contributed by atoms with Gasteiger partial charge in [-0.05, 0) is 58.0 Å². The topological polar surface area (TPSA) is 24.5 Å². The molecule has 21 heavy (non-hydrogen) atoms. The van der Waals surface area contributed by atoms with Crippen molar-refractivity contribution in [2.75, 3.05) is 24.5 Å². The summed E-state index contributed by atoms with van der Waals surface area (Å²) < 4.78 is 7.16. The molecule has 0 aliphatic carbocycles. The first kappa shape index (κ1) is 16.8. The average molecular weight is 355 g/mol. The highest BCUT2D eigenvalue weighted by molar-refractivity contribution is 9.10. The Bertz CT molecular complexity index is 490. The standard InChI is InChI=1S/C17H27BrN2O/c1-6-19-13(3)15-9-14(18)7-8-16(15)20-10-12(2)21-17(4,5)11-20/h7-9,12-13,19H,6,10-11H2,1-5H3. The fourth-order valence-corrected chi connectivity index (χ4v) is 3.59. The zero-order valence-corrected chi connectivity index (χ0v) is 15.3. The Balaban J connectivity index is 2.34. The third-order valence-corrected chi connectivity index (χ3v) is 4.37. The Morgan fingerprint density at radius 1 is 1.48 bits per heavy atom. The number of halogens is 1. The molecule has 1 aromatic carbocycles. The summed E-state index contributed by atoms with van der Waals surface area (Å²) in [6.45, 7) is 13.7. The summed E-state index contributed by atoms with van der Waals surface area (Å²) in [4.78, 5) is 2.46. The van der Waals surface area contributed by atoms with Gasteiger partial charge in [0, 0.05) is 29.3 Å². The molecular weight excluding hydrogens is 328 g/mol. The summed E-state index contributed by atoms with van der Waals surface area (Å²) in [5.74, 6) is 0. The van der Waals surface area contributed by atoms with Crippen LogP contribution in [0.15, 0.2) is 22.7 Å². The Morgan fingerprint density at radius 2 is 2.19 bits per heavy atom. The van der Waals surface area contributed by atoms with Crippen LogP contribution in [0.5, 0.6) is 0 Å². The van der Waals surface area contributed by atoms with Crippen molar-refractivity contribution in [1.29, 1.82) is 0 Å². The van der Waals surface area contributed by atoms with E-state index in [-0.39, 0.29) is 11.7 Å². The first-order chi connectivity index (χ1) is 9.82. The molecule has 1 N–H and O–H groups in total. The maximum absolute atomic E-state index is 6.03. The molecule has 0 spiro atoms. The number of ether oxygens (including phenoxy) is 1. The molecule has 1 aromatic rings. The van der Waals surface area contributed by atoms with E-state index in [1.54, 1.807) is 0 Å². The van der Waals surface area contributed by atoms with Crippen molar-refractivity contribution in [3.8, 4) is 0 Å². The SMILES string of the molecule is CCNC(C)c1cc(Br)ccc1N1CC(C)OC(C)(C)C1. The van der Waals surface area contributed by atoms with Gasteiger partial charge in [-0.2, -0.15) is 0 Å². The summed E-state index contributed by atoms with van der Waals surface area (Å²) in [5.41, 5.74) is 2.55. The van der Waals surface area contributed by atoms with Crippen molar-refractivity contribution >= 4 is 21.6 Å². The Morgan fingerprint density at radius 3 is 2.81 bits per heavy atom. The van der Waals surface area contributed by atoms with Crippen molar-refractivity contribution in [2.24, 2.45) is 0 Å². The number of nitrogens with one attached hydrogen (secondary N) is 1. The molecule has 3 nitrogen and oxygen atoms in total. The maximum atomic E-state index is 6.03. The van der Waals surface area contributed by atoms with Gasteiger partial charge in [0.15, 0.2) is 0 Å². The molecule has 1 fully saturated rings. The van der Waals surface area contributed by atoms with E-state index in [0.717, 1.165) is 24.1 Å². The van der Waals surface area contributed by atoms with Crippen molar-refractivity contribution < 1.29 is 4.74 Å². The van der Waals surface area contributed by atoms with Gasteiger partial charge in [-0.15, -0.1) is 0 Å². The lowest BCUT2D eigenvalue weighted by Gasteiger charge is -2.44. The highest BCUT2D eigenvalue weighted by Crippen LogP contribution is 2.33. The number of anilines is 1. The summed E-state index contributed by atoms with van der Waals surface area (Å²) in [7, 11) is 0. The number of rotatable bonds is 4. The third-order valence-electron chi connectivity index (χ3n) is 3.88. The van der Waals surface area contributed by atoms with Crippen molar-refractivity contribution in [3.63, 3.8) is 0 Å². The Labute approximate surface area is 137 Å². The minimum Gasteiger partial charge on any atom is -0.369 e. The van der Waals surface area contributed by atoms with E-state index in [1.165, 1.54) is 11.3 Å². The molecule has 1 aliphatic rings. The lowest BCUT2D eigenvalue weighted by Crippen LogP contribution is -2.52. The van der Waals surface area contributed by atoms with Gasteiger partial charge in [0.05, 0.1) is 11.7 Å². The maximum Gasteiger partial charge on any atom is 0.0805 e. The zero-order chi connectivity index (χ0) is 15.6. The van der Waals surface area contributed by atoms with Gasteiger partial charge >= 0.3 is 0 Å². The van der Waals surface area contributed by atoms with Crippen LogP contribution in [0, 0.1) is 0 Å². The van der Waals surface area contributed by atoms with Crippen LogP contribution < -0.4 is 10.2 Å². The van der Waals surface area contributed by atoms with E-state index in [9.17, 15) is 0 Å². The largest absolute Gasteiger partial charge is 0.369 e. The zero-order valence-electron chi connectivity index (χ0n) is 13.7. The molecular formula is C17H27BrN2O. The van der Waals surface area contributed by atoms with Gasteiger partial charge in [0.1, 0.15) is 0 Å². The van der Waals surface area contributed by atoms with Crippen LogP contribution in [0.3, 0.4) is 0 Å². The summed E-state index contributed by atoms with van der Waals surface area (Å²) in [6, 6.07) is 6.92. The average Bonchev–Trinajstić information content (AvgIpc) is 2.36. The van der Waals surface area contributed by atoms with Crippen molar-refractivity contribution in [3.05, 3.63) is 28.2 Å². The van der Waals surface area contributed by atoms with E-state index >= 15 is 0 Å². The molecule has 2 atom stereocenters. The summed E-state index contributed by atoms with van der Waals surface area (Å²) >= 11 is 3.60. The van der Waals surface area contributed by atoms with Gasteiger partial charge < -0.3 is 15.0 Å². The molecule has 2 rings (SSSR count). The first-order valence-electron chi connectivity index (χ1n) is 7.78. The van der Waals surface area contributed by atoms with E-state index in [4.69, 9.17) is 4.74 Å². The second-order valence-electron chi connectivity index (χ2n) is 6.55. The van der Waals surface area contributed by atoms with E-state index < -0.39 is 0 Å². The fourth-order valence-electron chi connectivity index (χ4n) is 3.21.